The molecule has 0 atom stereocenters. The molecule has 0 amide bonds. The number of hydrogen-bond donors (Lipinski definition) is 0. The van der Waals surface area contributed by atoms with Gasteiger partial charge in [-0.05, 0) is 53.3 Å². The number of anilines is 1. The number of carbonyl (C=O) groups excluding carboxylic acids is 1. The van der Waals surface area contributed by atoms with E-state index in [1.54, 1.807) is 0 Å². The molecule has 0 saturated heterocycles. The first-order valence-corrected chi connectivity index (χ1v) is 9.20. The maximum absolute atomic E-state index is 11.5. The zero-order valence-corrected chi connectivity index (χ0v) is 15.1. The number of hydrogen-bond acceptors (Lipinski definition) is 3. The third-order valence-corrected chi connectivity index (χ3v) is 5.18. The van der Waals surface area contributed by atoms with Gasteiger partial charge in [-0.3, -0.25) is 4.79 Å². The molecule has 1 heterocycles. The molecule has 0 spiro atoms. The SMILES string of the molecule is N#Cc1ccc2c(c1)CCCN2Cc1ccccc1-c1ccccc1C=O. The molecule has 0 aromatic heterocycles. The van der Waals surface area contributed by atoms with E-state index in [1.807, 2.05) is 48.5 Å². The van der Waals surface area contributed by atoms with Crippen molar-refractivity contribution in [3.05, 3.63) is 89.0 Å². The monoisotopic (exact) mass is 352 g/mol. The predicted molar refractivity (Wildman–Crippen MR) is 108 cm³/mol. The molecule has 1 aliphatic rings. The van der Waals surface area contributed by atoms with Crippen LogP contribution >= 0.6 is 0 Å². The van der Waals surface area contributed by atoms with Crippen LogP contribution in [-0.4, -0.2) is 12.8 Å². The van der Waals surface area contributed by atoms with Crippen molar-refractivity contribution in [1.29, 1.82) is 5.26 Å². The molecule has 0 bridgehead atoms. The highest BCUT2D eigenvalue weighted by molar-refractivity contribution is 5.88. The average molecular weight is 352 g/mol. The highest BCUT2D eigenvalue weighted by atomic mass is 16.1. The van der Waals surface area contributed by atoms with Crippen LogP contribution in [0.4, 0.5) is 5.69 Å². The summed E-state index contributed by atoms with van der Waals surface area (Å²) < 4.78 is 0. The number of aryl methyl sites for hydroxylation is 1. The van der Waals surface area contributed by atoms with Gasteiger partial charge in [-0.25, -0.2) is 0 Å². The van der Waals surface area contributed by atoms with E-state index in [0.717, 1.165) is 48.9 Å². The summed E-state index contributed by atoms with van der Waals surface area (Å²) in [5.41, 5.74) is 7.15. The zero-order chi connectivity index (χ0) is 18.6. The lowest BCUT2D eigenvalue weighted by Crippen LogP contribution is -2.29. The molecule has 27 heavy (non-hydrogen) atoms. The second-order valence-corrected chi connectivity index (χ2v) is 6.84. The van der Waals surface area contributed by atoms with Crippen LogP contribution in [0.3, 0.4) is 0 Å². The van der Waals surface area contributed by atoms with Gasteiger partial charge in [-0.1, -0.05) is 48.5 Å². The Morgan fingerprint density at radius 1 is 1.00 bits per heavy atom. The largest absolute Gasteiger partial charge is 0.367 e. The summed E-state index contributed by atoms with van der Waals surface area (Å²) in [5, 5.41) is 9.16. The van der Waals surface area contributed by atoms with Crippen molar-refractivity contribution >= 4 is 12.0 Å². The zero-order valence-electron chi connectivity index (χ0n) is 15.1. The van der Waals surface area contributed by atoms with E-state index >= 15 is 0 Å². The van der Waals surface area contributed by atoms with Crippen LogP contribution in [0, 0.1) is 11.3 Å². The van der Waals surface area contributed by atoms with Crippen molar-refractivity contribution in [3.63, 3.8) is 0 Å². The number of nitriles is 1. The fraction of sp³-hybridized carbons (Fsp3) is 0.167. The summed E-state index contributed by atoms with van der Waals surface area (Å²) in [5.74, 6) is 0. The molecule has 0 fully saturated rings. The van der Waals surface area contributed by atoms with Crippen LogP contribution in [0.2, 0.25) is 0 Å². The Bertz CT molecular complexity index is 1030. The van der Waals surface area contributed by atoms with Gasteiger partial charge in [0.25, 0.3) is 0 Å². The summed E-state index contributed by atoms with van der Waals surface area (Å²) in [6, 6.07) is 24.2. The van der Waals surface area contributed by atoms with Crippen LogP contribution < -0.4 is 4.90 Å². The lowest BCUT2D eigenvalue weighted by molar-refractivity contribution is 0.112. The van der Waals surface area contributed by atoms with Crippen LogP contribution in [0.25, 0.3) is 11.1 Å². The molecule has 3 aromatic rings. The third-order valence-electron chi connectivity index (χ3n) is 5.18. The minimum atomic E-state index is 0.711. The Hall–Kier alpha value is -3.38. The van der Waals surface area contributed by atoms with Gasteiger partial charge in [-0.2, -0.15) is 5.26 Å². The van der Waals surface area contributed by atoms with Crippen LogP contribution in [0.5, 0.6) is 0 Å². The van der Waals surface area contributed by atoms with E-state index in [2.05, 4.69) is 29.2 Å². The van der Waals surface area contributed by atoms with Crippen molar-refractivity contribution in [2.24, 2.45) is 0 Å². The summed E-state index contributed by atoms with van der Waals surface area (Å²) in [4.78, 5) is 13.9. The fourth-order valence-corrected chi connectivity index (χ4v) is 3.88. The Morgan fingerprint density at radius 3 is 2.59 bits per heavy atom. The molecule has 4 rings (SSSR count). The second-order valence-electron chi connectivity index (χ2n) is 6.84. The Kier molecular flexibility index (Phi) is 4.72. The third kappa shape index (κ3) is 3.35. The van der Waals surface area contributed by atoms with Gasteiger partial charge in [0.1, 0.15) is 0 Å². The standard InChI is InChI=1S/C24H20N2O/c25-15-18-11-12-24-19(14-18)8-5-13-26(24)16-20-6-1-3-9-22(20)23-10-4-2-7-21(23)17-27/h1-4,6-7,9-12,14,17H,5,8,13,16H2. The van der Waals surface area contributed by atoms with Crippen molar-refractivity contribution in [1.82, 2.24) is 0 Å². The quantitative estimate of drug-likeness (QED) is 0.621. The average Bonchev–Trinajstić information content (AvgIpc) is 2.74. The van der Waals surface area contributed by atoms with Gasteiger partial charge >= 0.3 is 0 Å². The van der Waals surface area contributed by atoms with Gasteiger partial charge in [0.05, 0.1) is 11.6 Å². The van der Waals surface area contributed by atoms with Gasteiger partial charge in [0.2, 0.25) is 0 Å². The molecule has 0 aliphatic carbocycles. The maximum atomic E-state index is 11.5. The number of benzene rings is 3. The Labute approximate surface area is 159 Å². The molecule has 3 heteroatoms. The first-order valence-electron chi connectivity index (χ1n) is 9.20. The first kappa shape index (κ1) is 17.1. The van der Waals surface area contributed by atoms with E-state index < -0.39 is 0 Å². The molecule has 0 radical (unpaired) electrons. The molecule has 3 nitrogen and oxygen atoms in total. The Balaban J connectivity index is 1.72. The van der Waals surface area contributed by atoms with Gasteiger partial charge in [0.15, 0.2) is 6.29 Å². The summed E-state index contributed by atoms with van der Waals surface area (Å²) >= 11 is 0. The van der Waals surface area contributed by atoms with Gasteiger partial charge < -0.3 is 4.90 Å². The second kappa shape index (κ2) is 7.47. The topological polar surface area (TPSA) is 44.1 Å². The van der Waals surface area contributed by atoms with Gasteiger partial charge in [0, 0.05) is 24.3 Å². The molecule has 0 saturated carbocycles. The fourth-order valence-electron chi connectivity index (χ4n) is 3.88. The van der Waals surface area contributed by atoms with E-state index in [9.17, 15) is 4.79 Å². The normalized spacial score (nSPS) is 12.9. The molecule has 3 aromatic carbocycles. The summed E-state index contributed by atoms with van der Waals surface area (Å²) in [7, 11) is 0. The lowest BCUT2D eigenvalue weighted by atomic mass is 9.94. The molecule has 1 aliphatic heterocycles. The molecule has 132 valence electrons. The van der Waals surface area contributed by atoms with Crippen LogP contribution in [0.1, 0.15) is 33.5 Å². The van der Waals surface area contributed by atoms with Crippen LogP contribution in [0.15, 0.2) is 66.7 Å². The van der Waals surface area contributed by atoms with Gasteiger partial charge in [-0.15, -0.1) is 0 Å². The number of rotatable bonds is 4. The van der Waals surface area contributed by atoms with Crippen molar-refractivity contribution in [3.8, 4) is 17.2 Å². The minimum Gasteiger partial charge on any atom is -0.367 e. The van der Waals surface area contributed by atoms with Crippen molar-refractivity contribution in [2.75, 3.05) is 11.4 Å². The number of nitrogens with zero attached hydrogens (tertiary/aromatic N) is 2. The smallest absolute Gasteiger partial charge is 0.150 e. The minimum absolute atomic E-state index is 0.711. The maximum Gasteiger partial charge on any atom is 0.150 e. The Morgan fingerprint density at radius 2 is 1.78 bits per heavy atom. The number of fused-ring (bicyclic) bond motifs is 1. The predicted octanol–water partition coefficient (Wildman–Crippen LogP) is 4.99. The summed E-state index contributed by atoms with van der Waals surface area (Å²) in [6.45, 7) is 1.77. The van der Waals surface area contributed by atoms with E-state index in [-0.39, 0.29) is 0 Å². The van der Waals surface area contributed by atoms with Crippen molar-refractivity contribution < 1.29 is 4.79 Å². The lowest BCUT2D eigenvalue weighted by Gasteiger charge is -2.32. The van der Waals surface area contributed by atoms with E-state index in [1.165, 1.54) is 16.8 Å². The number of carbonyl (C=O) groups is 1. The molecule has 0 N–H and O–H groups in total. The van der Waals surface area contributed by atoms with Crippen LogP contribution in [-0.2, 0) is 13.0 Å². The first-order chi connectivity index (χ1) is 13.3. The summed E-state index contributed by atoms with van der Waals surface area (Å²) in [6.07, 6.45) is 3.01. The van der Waals surface area contributed by atoms with Crippen molar-refractivity contribution in [2.45, 2.75) is 19.4 Å². The molecular weight excluding hydrogens is 332 g/mol. The molecule has 0 unspecified atom stereocenters. The highest BCUT2D eigenvalue weighted by Crippen LogP contribution is 2.32. The highest BCUT2D eigenvalue weighted by Gasteiger charge is 2.19. The van der Waals surface area contributed by atoms with E-state index in [0.29, 0.717) is 5.56 Å². The molecular formula is C24H20N2O. The number of aldehydes is 1. The van der Waals surface area contributed by atoms with E-state index in [4.69, 9.17) is 5.26 Å².